The highest BCUT2D eigenvalue weighted by atomic mass is 35.5. The number of hydrogen-bond donors (Lipinski definition) is 0. The molecule has 2 rings (SSSR count). The molecular weight excluding hydrogens is 350 g/mol. The van der Waals surface area contributed by atoms with Crippen molar-refractivity contribution >= 4 is 22.6 Å². The zero-order chi connectivity index (χ0) is 19.2. The molecule has 0 radical (unpaired) electrons. The van der Waals surface area contributed by atoms with Gasteiger partial charge in [-0.15, -0.1) is 0 Å². The summed E-state index contributed by atoms with van der Waals surface area (Å²) in [5.41, 5.74) is 2.87. The molecule has 0 aliphatic heterocycles. The number of oxime groups is 1. The van der Waals surface area contributed by atoms with Gasteiger partial charge in [-0.05, 0) is 46.7 Å². The van der Waals surface area contributed by atoms with E-state index in [0.717, 1.165) is 17.7 Å². The lowest BCUT2D eigenvalue weighted by molar-refractivity contribution is -0.106. The number of hydrogen-bond acceptors (Lipinski definition) is 4. The first-order valence-corrected chi connectivity index (χ1v) is 8.89. The molecule has 0 saturated carbocycles. The van der Waals surface area contributed by atoms with Crippen molar-refractivity contribution < 1.29 is 14.4 Å². The molecule has 2 aromatic carbocycles. The SMILES string of the molecule is CCC(C)(C)c1ccc(OCc2ccccc2C(=NOC)C(=O)Cl)cc1. The van der Waals surface area contributed by atoms with Crippen molar-refractivity contribution in [2.24, 2.45) is 5.16 Å². The molecule has 0 aromatic heterocycles. The Morgan fingerprint density at radius 3 is 2.35 bits per heavy atom. The van der Waals surface area contributed by atoms with E-state index in [0.29, 0.717) is 12.2 Å². The number of nitrogens with zero attached hydrogens (tertiary/aromatic N) is 1. The van der Waals surface area contributed by atoms with E-state index in [9.17, 15) is 4.79 Å². The topological polar surface area (TPSA) is 47.9 Å². The van der Waals surface area contributed by atoms with Gasteiger partial charge in [0, 0.05) is 5.56 Å². The average Bonchev–Trinajstić information content (AvgIpc) is 2.65. The third-order valence-corrected chi connectivity index (χ3v) is 4.73. The van der Waals surface area contributed by atoms with E-state index in [4.69, 9.17) is 21.2 Å². The predicted octanol–water partition coefficient (Wildman–Crippen LogP) is 5.07. The third kappa shape index (κ3) is 4.85. The second-order valence-corrected chi connectivity index (χ2v) is 6.95. The monoisotopic (exact) mass is 373 g/mol. The molecule has 0 atom stereocenters. The maximum Gasteiger partial charge on any atom is 0.274 e. The van der Waals surface area contributed by atoms with Crippen LogP contribution < -0.4 is 4.74 Å². The summed E-state index contributed by atoms with van der Waals surface area (Å²) in [7, 11) is 1.37. The van der Waals surface area contributed by atoms with Crippen LogP contribution in [0.15, 0.2) is 53.7 Å². The first kappa shape index (κ1) is 20.0. The van der Waals surface area contributed by atoms with Crippen molar-refractivity contribution in [3.63, 3.8) is 0 Å². The van der Waals surface area contributed by atoms with Crippen molar-refractivity contribution in [1.82, 2.24) is 0 Å². The van der Waals surface area contributed by atoms with E-state index in [2.05, 4.69) is 38.1 Å². The molecule has 0 spiro atoms. The van der Waals surface area contributed by atoms with Crippen molar-refractivity contribution in [2.75, 3.05) is 7.11 Å². The third-order valence-electron chi connectivity index (χ3n) is 4.56. The summed E-state index contributed by atoms with van der Waals surface area (Å²) < 4.78 is 5.89. The molecule has 0 saturated heterocycles. The fourth-order valence-electron chi connectivity index (χ4n) is 2.53. The Morgan fingerprint density at radius 1 is 1.12 bits per heavy atom. The highest BCUT2D eigenvalue weighted by Crippen LogP contribution is 2.28. The van der Waals surface area contributed by atoms with Gasteiger partial charge in [0.05, 0.1) is 0 Å². The molecule has 4 nitrogen and oxygen atoms in total. The van der Waals surface area contributed by atoms with E-state index < -0.39 is 5.24 Å². The van der Waals surface area contributed by atoms with Gasteiger partial charge in [-0.2, -0.15) is 0 Å². The van der Waals surface area contributed by atoms with Gasteiger partial charge in [0.1, 0.15) is 19.5 Å². The minimum absolute atomic E-state index is 0.0633. The van der Waals surface area contributed by atoms with Gasteiger partial charge in [0.15, 0.2) is 5.71 Å². The maximum absolute atomic E-state index is 11.6. The smallest absolute Gasteiger partial charge is 0.274 e. The van der Waals surface area contributed by atoms with Crippen LogP contribution in [0.1, 0.15) is 43.9 Å². The minimum Gasteiger partial charge on any atom is -0.489 e. The van der Waals surface area contributed by atoms with Gasteiger partial charge in [0.25, 0.3) is 5.24 Å². The summed E-state index contributed by atoms with van der Waals surface area (Å²) in [4.78, 5) is 16.4. The Morgan fingerprint density at radius 2 is 1.77 bits per heavy atom. The van der Waals surface area contributed by atoms with Crippen molar-refractivity contribution in [1.29, 1.82) is 0 Å². The molecule has 0 unspecified atom stereocenters. The van der Waals surface area contributed by atoms with Crippen LogP contribution in [0.25, 0.3) is 0 Å². The molecule has 26 heavy (non-hydrogen) atoms. The van der Waals surface area contributed by atoms with Gasteiger partial charge in [0.2, 0.25) is 0 Å². The van der Waals surface area contributed by atoms with Gasteiger partial charge in [-0.1, -0.05) is 62.3 Å². The number of halogens is 1. The molecule has 0 heterocycles. The van der Waals surface area contributed by atoms with Crippen molar-refractivity contribution in [3.8, 4) is 5.75 Å². The second kappa shape index (κ2) is 8.86. The molecule has 0 N–H and O–H groups in total. The van der Waals surface area contributed by atoms with E-state index >= 15 is 0 Å². The first-order chi connectivity index (χ1) is 12.4. The molecule has 2 aromatic rings. The summed E-state index contributed by atoms with van der Waals surface area (Å²) in [5.74, 6) is 0.762. The molecular formula is C21H24ClNO3. The number of ether oxygens (including phenoxy) is 1. The Labute approximate surface area is 159 Å². The Bertz CT molecular complexity index is 782. The van der Waals surface area contributed by atoms with Gasteiger partial charge < -0.3 is 9.57 Å². The zero-order valence-electron chi connectivity index (χ0n) is 15.6. The molecule has 0 amide bonds. The average molecular weight is 374 g/mol. The van der Waals surface area contributed by atoms with E-state index in [1.54, 1.807) is 6.07 Å². The quantitative estimate of drug-likeness (QED) is 0.368. The van der Waals surface area contributed by atoms with Gasteiger partial charge in [-0.3, -0.25) is 4.79 Å². The van der Waals surface area contributed by atoms with Crippen LogP contribution in [-0.4, -0.2) is 18.1 Å². The summed E-state index contributed by atoms with van der Waals surface area (Å²) in [5, 5.41) is 3.06. The summed E-state index contributed by atoms with van der Waals surface area (Å²) in [6.07, 6.45) is 1.06. The highest BCUT2D eigenvalue weighted by molar-refractivity contribution is 6.84. The molecule has 0 bridgehead atoms. The lowest BCUT2D eigenvalue weighted by atomic mass is 9.82. The van der Waals surface area contributed by atoms with Crippen molar-refractivity contribution in [2.45, 2.75) is 39.2 Å². The van der Waals surface area contributed by atoms with Crippen molar-refractivity contribution in [3.05, 3.63) is 65.2 Å². The van der Waals surface area contributed by atoms with Crippen LogP contribution in [0.4, 0.5) is 0 Å². The maximum atomic E-state index is 11.6. The molecule has 0 fully saturated rings. The van der Waals surface area contributed by atoms with Crippen LogP contribution in [0.3, 0.4) is 0 Å². The normalized spacial score (nSPS) is 12.0. The zero-order valence-corrected chi connectivity index (χ0v) is 16.3. The Kier molecular flexibility index (Phi) is 6.81. The van der Waals surface area contributed by atoms with Crippen LogP contribution in [0, 0.1) is 0 Å². The van der Waals surface area contributed by atoms with E-state index in [1.807, 2.05) is 30.3 Å². The number of rotatable bonds is 8. The van der Waals surface area contributed by atoms with Gasteiger partial charge >= 0.3 is 0 Å². The molecule has 0 aliphatic carbocycles. The van der Waals surface area contributed by atoms with Crippen LogP contribution in [0.5, 0.6) is 5.75 Å². The lowest BCUT2D eigenvalue weighted by Crippen LogP contribution is -2.15. The van der Waals surface area contributed by atoms with Gasteiger partial charge in [-0.25, -0.2) is 0 Å². The summed E-state index contributed by atoms with van der Waals surface area (Å²) in [6.45, 7) is 6.91. The second-order valence-electron chi connectivity index (χ2n) is 6.60. The molecule has 5 heteroatoms. The number of carbonyl (C=O) groups excluding carboxylic acids is 1. The van der Waals surface area contributed by atoms with E-state index in [-0.39, 0.29) is 11.1 Å². The fraction of sp³-hybridized carbons (Fsp3) is 0.333. The summed E-state index contributed by atoms with van der Waals surface area (Å²) >= 11 is 5.63. The largest absolute Gasteiger partial charge is 0.489 e. The summed E-state index contributed by atoms with van der Waals surface area (Å²) in [6, 6.07) is 15.4. The Hall–Kier alpha value is -2.33. The van der Waals surface area contributed by atoms with Crippen LogP contribution in [-0.2, 0) is 21.7 Å². The number of benzene rings is 2. The minimum atomic E-state index is -0.676. The van der Waals surface area contributed by atoms with Crippen LogP contribution >= 0.6 is 11.6 Å². The fourth-order valence-corrected chi connectivity index (χ4v) is 2.66. The van der Waals surface area contributed by atoms with E-state index in [1.165, 1.54) is 12.7 Å². The number of carbonyl (C=O) groups is 1. The standard InChI is InChI=1S/C21H24ClNO3/c1-5-21(2,3)16-10-12-17(13-11-16)26-14-15-8-6-7-9-18(15)19(20(22)24)23-25-4/h6-13H,5,14H2,1-4H3. The Balaban J connectivity index is 2.18. The molecule has 138 valence electrons. The molecule has 0 aliphatic rings. The predicted molar refractivity (Wildman–Crippen MR) is 105 cm³/mol. The highest BCUT2D eigenvalue weighted by Gasteiger charge is 2.18. The lowest BCUT2D eigenvalue weighted by Gasteiger charge is -2.23. The van der Waals surface area contributed by atoms with Crippen LogP contribution in [0.2, 0.25) is 0 Å². The first-order valence-electron chi connectivity index (χ1n) is 8.51.